The highest BCUT2D eigenvalue weighted by atomic mass is 79.9. The number of carbonyl (C=O) groups is 1. The van der Waals surface area contributed by atoms with Crippen molar-refractivity contribution in [2.24, 2.45) is 0 Å². The van der Waals surface area contributed by atoms with Crippen molar-refractivity contribution < 1.29 is 13.9 Å². The molecule has 1 aliphatic heterocycles. The zero-order chi connectivity index (χ0) is 27.2. The predicted molar refractivity (Wildman–Crippen MR) is 159 cm³/mol. The molecule has 3 aromatic rings. The average molecular weight is 612 g/mol. The summed E-state index contributed by atoms with van der Waals surface area (Å²) in [5, 5.41) is 4.17. The molecule has 0 atom stereocenters. The van der Waals surface area contributed by atoms with Crippen molar-refractivity contribution in [3.8, 4) is 5.75 Å². The minimum absolute atomic E-state index is 0.150. The second-order valence-corrected chi connectivity index (χ2v) is 11.4. The number of halogens is 3. The molecule has 0 spiro atoms. The molecule has 1 heterocycles. The molecule has 0 radical (unpaired) electrons. The van der Waals surface area contributed by atoms with E-state index in [9.17, 15) is 9.18 Å². The molecule has 1 fully saturated rings. The summed E-state index contributed by atoms with van der Waals surface area (Å²) in [5.41, 5.74) is 5.44. The maximum atomic E-state index is 13.8. The van der Waals surface area contributed by atoms with Crippen LogP contribution in [0.4, 0.5) is 4.39 Å². The van der Waals surface area contributed by atoms with Crippen LogP contribution >= 0.6 is 27.5 Å². The Balaban J connectivity index is 1.23. The molecule has 4 nitrogen and oxygen atoms in total. The highest BCUT2D eigenvalue weighted by Crippen LogP contribution is 2.32. The first kappa shape index (κ1) is 27.9. The monoisotopic (exact) mass is 610 g/mol. The van der Waals surface area contributed by atoms with Gasteiger partial charge in [-0.05, 0) is 101 Å². The second kappa shape index (κ2) is 13.1. The van der Waals surface area contributed by atoms with Gasteiger partial charge in [-0.1, -0.05) is 54.1 Å². The molecule has 0 bridgehead atoms. The largest absolute Gasteiger partial charge is 0.492 e. The maximum absolute atomic E-state index is 13.8. The van der Waals surface area contributed by atoms with E-state index in [1.165, 1.54) is 17.7 Å². The van der Waals surface area contributed by atoms with Crippen molar-refractivity contribution in [1.29, 1.82) is 0 Å². The number of hydrogen-bond acceptors (Lipinski definition) is 3. The van der Waals surface area contributed by atoms with Gasteiger partial charge in [0.2, 0.25) is 0 Å². The Morgan fingerprint density at radius 2 is 1.87 bits per heavy atom. The normalized spacial score (nSPS) is 15.4. The van der Waals surface area contributed by atoms with Gasteiger partial charge in [0.1, 0.15) is 11.6 Å². The van der Waals surface area contributed by atoms with Crippen LogP contribution in [0.25, 0.3) is 5.57 Å². The van der Waals surface area contributed by atoms with Crippen molar-refractivity contribution in [2.45, 2.75) is 44.6 Å². The molecule has 204 valence electrons. The lowest BCUT2D eigenvalue weighted by Crippen LogP contribution is -2.40. The molecule has 1 amide bonds. The number of rotatable bonds is 11. The third-order valence-corrected chi connectivity index (χ3v) is 8.39. The molecule has 1 saturated carbocycles. The van der Waals surface area contributed by atoms with Crippen LogP contribution < -0.4 is 10.1 Å². The summed E-state index contributed by atoms with van der Waals surface area (Å²) in [7, 11) is 0. The molecule has 0 unspecified atom stereocenters. The third kappa shape index (κ3) is 7.30. The van der Waals surface area contributed by atoms with Gasteiger partial charge >= 0.3 is 0 Å². The second-order valence-electron chi connectivity index (χ2n) is 10.2. The van der Waals surface area contributed by atoms with Crippen molar-refractivity contribution in [3.63, 3.8) is 0 Å². The van der Waals surface area contributed by atoms with E-state index in [2.05, 4.69) is 50.4 Å². The van der Waals surface area contributed by atoms with Crippen LogP contribution in [0, 0.1) is 5.82 Å². The Bertz CT molecular complexity index is 1340. The summed E-state index contributed by atoms with van der Waals surface area (Å²) in [6.45, 7) is 2.64. The van der Waals surface area contributed by atoms with E-state index in [4.69, 9.17) is 16.3 Å². The molecule has 2 aliphatic rings. The minimum atomic E-state index is -0.310. The van der Waals surface area contributed by atoms with Gasteiger partial charge in [0, 0.05) is 35.8 Å². The SMILES string of the molecule is O=C(C1=C(c2ccc(CCCOc3cc(F)ccc3Br)cc2)CCNC1)N(CCc1ccccc1Cl)C1CC1. The highest BCUT2D eigenvalue weighted by Gasteiger charge is 2.35. The van der Waals surface area contributed by atoms with Gasteiger partial charge in [-0.2, -0.15) is 0 Å². The van der Waals surface area contributed by atoms with Crippen LogP contribution in [0.3, 0.4) is 0 Å². The fourth-order valence-electron chi connectivity index (χ4n) is 5.08. The molecule has 1 N–H and O–H groups in total. The van der Waals surface area contributed by atoms with Gasteiger partial charge in [-0.3, -0.25) is 4.79 Å². The first-order valence-corrected chi connectivity index (χ1v) is 14.8. The van der Waals surface area contributed by atoms with E-state index in [1.54, 1.807) is 6.07 Å². The number of ether oxygens (including phenoxy) is 1. The highest BCUT2D eigenvalue weighted by molar-refractivity contribution is 9.10. The molecular weight excluding hydrogens is 579 g/mol. The molecule has 0 aromatic heterocycles. The smallest absolute Gasteiger partial charge is 0.251 e. The summed E-state index contributed by atoms with van der Waals surface area (Å²) < 4.78 is 20.0. The topological polar surface area (TPSA) is 41.6 Å². The lowest BCUT2D eigenvalue weighted by molar-refractivity contribution is -0.127. The maximum Gasteiger partial charge on any atom is 0.251 e. The van der Waals surface area contributed by atoms with Crippen LogP contribution in [0.15, 0.2) is 76.8 Å². The minimum Gasteiger partial charge on any atom is -0.492 e. The molecule has 1 aliphatic carbocycles. The fraction of sp³-hybridized carbons (Fsp3) is 0.344. The van der Waals surface area contributed by atoms with Gasteiger partial charge < -0.3 is 15.0 Å². The van der Waals surface area contributed by atoms with Crippen LogP contribution in [-0.4, -0.2) is 43.1 Å². The van der Waals surface area contributed by atoms with Crippen molar-refractivity contribution in [1.82, 2.24) is 10.2 Å². The number of amides is 1. The number of nitrogens with zero attached hydrogens (tertiary/aromatic N) is 1. The van der Waals surface area contributed by atoms with E-state index < -0.39 is 0 Å². The average Bonchev–Trinajstić information content (AvgIpc) is 3.80. The third-order valence-electron chi connectivity index (χ3n) is 7.37. The van der Waals surface area contributed by atoms with Crippen LogP contribution in [0.2, 0.25) is 5.02 Å². The van der Waals surface area contributed by atoms with Gasteiger partial charge in [0.05, 0.1) is 11.1 Å². The summed E-state index contributed by atoms with van der Waals surface area (Å²) in [4.78, 5) is 15.9. The predicted octanol–water partition coefficient (Wildman–Crippen LogP) is 7.23. The van der Waals surface area contributed by atoms with Crippen LogP contribution in [0.1, 0.15) is 42.4 Å². The molecule has 3 aromatic carbocycles. The molecular formula is C32H33BrClFN2O2. The number of carbonyl (C=O) groups excluding carboxylic acids is 1. The summed E-state index contributed by atoms with van der Waals surface area (Å²) in [5.74, 6) is 0.360. The number of aryl methyl sites for hydroxylation is 1. The number of nitrogens with one attached hydrogen (secondary N) is 1. The lowest BCUT2D eigenvalue weighted by Gasteiger charge is -2.28. The van der Waals surface area contributed by atoms with Gasteiger partial charge in [-0.15, -0.1) is 0 Å². The molecule has 39 heavy (non-hydrogen) atoms. The van der Waals surface area contributed by atoms with E-state index in [0.29, 0.717) is 31.5 Å². The van der Waals surface area contributed by atoms with Crippen LogP contribution in [0.5, 0.6) is 5.75 Å². The Morgan fingerprint density at radius 3 is 2.64 bits per heavy atom. The first-order chi connectivity index (χ1) is 19.0. The van der Waals surface area contributed by atoms with E-state index >= 15 is 0 Å². The van der Waals surface area contributed by atoms with Gasteiger partial charge in [0.15, 0.2) is 0 Å². The summed E-state index contributed by atoms with van der Waals surface area (Å²) in [6, 6.07) is 21.2. The summed E-state index contributed by atoms with van der Waals surface area (Å²) >= 11 is 9.78. The zero-order valence-corrected chi connectivity index (χ0v) is 24.2. The Kier molecular flexibility index (Phi) is 9.38. The van der Waals surface area contributed by atoms with Crippen molar-refractivity contribution in [3.05, 3.63) is 104 Å². The standard InChI is InChI=1S/C32H33BrClFN2O2/c33-29-14-11-25(35)20-31(29)39-19-3-4-22-7-9-23(10-8-22)27-15-17-36-21-28(27)32(38)37(26-12-13-26)18-16-24-5-1-2-6-30(24)34/h1-2,5-11,14,20,26,36H,3-4,12-13,15-19,21H2. The fourth-order valence-corrected chi connectivity index (χ4v) is 5.67. The molecule has 7 heteroatoms. The Labute approximate surface area is 243 Å². The number of hydrogen-bond donors (Lipinski definition) is 1. The number of benzene rings is 3. The Hall–Kier alpha value is -2.67. The van der Waals surface area contributed by atoms with Gasteiger partial charge in [-0.25, -0.2) is 4.39 Å². The molecule has 0 saturated heterocycles. The quantitative estimate of drug-likeness (QED) is 0.233. The zero-order valence-electron chi connectivity index (χ0n) is 21.9. The van der Waals surface area contributed by atoms with E-state index in [-0.39, 0.29) is 11.7 Å². The lowest BCUT2D eigenvalue weighted by atomic mass is 9.92. The summed E-state index contributed by atoms with van der Waals surface area (Å²) in [6.07, 6.45) is 5.40. The van der Waals surface area contributed by atoms with Crippen molar-refractivity contribution in [2.75, 3.05) is 26.2 Å². The Morgan fingerprint density at radius 1 is 1.08 bits per heavy atom. The molecule has 5 rings (SSSR count). The first-order valence-electron chi connectivity index (χ1n) is 13.6. The van der Waals surface area contributed by atoms with E-state index in [0.717, 1.165) is 76.8 Å². The van der Waals surface area contributed by atoms with Crippen molar-refractivity contribution >= 4 is 39.0 Å². The van der Waals surface area contributed by atoms with Gasteiger partial charge in [0.25, 0.3) is 5.91 Å². The van der Waals surface area contributed by atoms with Crippen LogP contribution in [-0.2, 0) is 17.6 Å². The van der Waals surface area contributed by atoms with E-state index in [1.807, 2.05) is 24.3 Å².